The van der Waals surface area contributed by atoms with Gasteiger partial charge in [-0.2, -0.15) is 0 Å². The molecule has 4 heteroatoms. The van der Waals surface area contributed by atoms with E-state index in [1.165, 1.54) is 0 Å². The largest absolute Gasteiger partial charge is 0.490 e. The fourth-order valence-electron chi connectivity index (χ4n) is 1.23. The summed E-state index contributed by atoms with van der Waals surface area (Å²) in [6.07, 6.45) is 0.378. The highest BCUT2D eigenvalue weighted by Crippen LogP contribution is 2.19. The summed E-state index contributed by atoms with van der Waals surface area (Å²) in [5.74, 6) is -0.0484. The molecule has 0 heterocycles. The van der Waals surface area contributed by atoms with Gasteiger partial charge < -0.3 is 15.6 Å². The van der Waals surface area contributed by atoms with Crippen LogP contribution in [0.1, 0.15) is 23.7 Å². The summed E-state index contributed by atoms with van der Waals surface area (Å²) in [5, 5.41) is 8.72. The third kappa shape index (κ3) is 3.25. The number of para-hydroxylation sites is 1. The first-order valence-electron chi connectivity index (χ1n) is 4.81. The number of primary amides is 1. The van der Waals surface area contributed by atoms with Gasteiger partial charge in [-0.15, -0.1) is 0 Å². The number of nitrogens with two attached hydrogens (primary N) is 1. The third-order valence-corrected chi connectivity index (χ3v) is 2.02. The lowest BCUT2D eigenvalue weighted by molar-refractivity contribution is 0.0992. The Morgan fingerprint density at radius 3 is 2.80 bits per heavy atom. The van der Waals surface area contributed by atoms with Crippen molar-refractivity contribution in [3.05, 3.63) is 29.8 Å². The quantitative estimate of drug-likeness (QED) is 0.757. The van der Waals surface area contributed by atoms with Crippen LogP contribution in [-0.2, 0) is 0 Å². The van der Waals surface area contributed by atoms with E-state index < -0.39 is 5.91 Å². The first-order valence-corrected chi connectivity index (χ1v) is 4.81. The summed E-state index contributed by atoms with van der Waals surface area (Å²) in [5.41, 5.74) is 5.56. The van der Waals surface area contributed by atoms with Gasteiger partial charge in [-0.3, -0.25) is 4.79 Å². The minimum atomic E-state index is -0.512. The fraction of sp³-hybridized carbons (Fsp3) is 0.364. The molecule has 0 saturated carbocycles. The second-order valence-electron chi connectivity index (χ2n) is 3.30. The van der Waals surface area contributed by atoms with Crippen molar-refractivity contribution in [1.82, 2.24) is 0 Å². The summed E-state index contributed by atoms with van der Waals surface area (Å²) < 4.78 is 5.49. The molecule has 1 aromatic carbocycles. The van der Waals surface area contributed by atoms with Gasteiger partial charge in [-0.25, -0.2) is 0 Å². The van der Waals surface area contributed by atoms with E-state index in [1.54, 1.807) is 24.3 Å². The molecule has 0 aliphatic carbocycles. The molecule has 3 N–H and O–H groups in total. The highest BCUT2D eigenvalue weighted by Gasteiger charge is 2.10. The Morgan fingerprint density at radius 2 is 2.20 bits per heavy atom. The van der Waals surface area contributed by atoms with Crippen LogP contribution in [0.4, 0.5) is 0 Å². The lowest BCUT2D eigenvalue weighted by Gasteiger charge is -2.15. The zero-order valence-electron chi connectivity index (χ0n) is 8.64. The monoisotopic (exact) mass is 209 g/mol. The number of aliphatic hydroxyl groups excluding tert-OH is 1. The van der Waals surface area contributed by atoms with Crippen LogP contribution in [0.25, 0.3) is 0 Å². The van der Waals surface area contributed by atoms with Crippen molar-refractivity contribution in [1.29, 1.82) is 0 Å². The summed E-state index contributed by atoms with van der Waals surface area (Å²) in [6.45, 7) is 1.88. The maximum Gasteiger partial charge on any atom is 0.252 e. The second kappa shape index (κ2) is 5.36. The van der Waals surface area contributed by atoms with E-state index in [4.69, 9.17) is 15.6 Å². The smallest absolute Gasteiger partial charge is 0.252 e. The van der Waals surface area contributed by atoms with Crippen molar-refractivity contribution in [2.45, 2.75) is 19.4 Å². The number of hydrogen-bond acceptors (Lipinski definition) is 3. The predicted octanol–water partition coefficient (Wildman–Crippen LogP) is 0.935. The molecule has 0 saturated heterocycles. The molecule has 82 valence electrons. The predicted molar refractivity (Wildman–Crippen MR) is 56.8 cm³/mol. The molecule has 15 heavy (non-hydrogen) atoms. The lowest BCUT2D eigenvalue weighted by Crippen LogP contribution is -2.18. The number of carbonyl (C=O) groups excluding carboxylic acids is 1. The lowest BCUT2D eigenvalue weighted by atomic mass is 10.2. The number of ether oxygens (including phenoxy) is 1. The van der Waals surface area contributed by atoms with Crippen LogP contribution in [0, 0.1) is 0 Å². The Kier molecular flexibility index (Phi) is 4.12. The molecule has 0 aliphatic rings. The van der Waals surface area contributed by atoms with Crippen LogP contribution in [0.15, 0.2) is 24.3 Å². The summed E-state index contributed by atoms with van der Waals surface area (Å²) >= 11 is 0. The van der Waals surface area contributed by atoms with Crippen LogP contribution >= 0.6 is 0 Å². The standard InChI is InChI=1S/C11H15NO3/c1-8(6-7-13)15-10-5-3-2-4-9(10)11(12)14/h2-5,8,13H,6-7H2,1H3,(H2,12,14). The van der Waals surface area contributed by atoms with Crippen LogP contribution in [0.5, 0.6) is 5.75 Å². The molecule has 1 aromatic rings. The Balaban J connectivity index is 2.79. The van der Waals surface area contributed by atoms with E-state index >= 15 is 0 Å². The number of carbonyl (C=O) groups is 1. The molecular weight excluding hydrogens is 194 g/mol. The normalized spacial score (nSPS) is 12.1. The number of rotatable bonds is 5. The van der Waals surface area contributed by atoms with Gasteiger partial charge in [0.25, 0.3) is 5.91 Å². The number of benzene rings is 1. The Hall–Kier alpha value is -1.55. The van der Waals surface area contributed by atoms with Crippen molar-refractivity contribution in [2.75, 3.05) is 6.61 Å². The molecule has 4 nitrogen and oxygen atoms in total. The van der Waals surface area contributed by atoms with Crippen molar-refractivity contribution >= 4 is 5.91 Å². The van der Waals surface area contributed by atoms with Gasteiger partial charge in [-0.05, 0) is 19.1 Å². The Labute approximate surface area is 88.7 Å². The first-order chi connectivity index (χ1) is 7.15. The summed E-state index contributed by atoms with van der Waals surface area (Å²) in [7, 11) is 0. The van der Waals surface area contributed by atoms with Crippen molar-refractivity contribution in [3.63, 3.8) is 0 Å². The van der Waals surface area contributed by atoms with Gasteiger partial charge >= 0.3 is 0 Å². The third-order valence-electron chi connectivity index (χ3n) is 2.02. The molecule has 0 aliphatic heterocycles. The molecular formula is C11H15NO3. The molecule has 1 atom stereocenters. The number of hydrogen-bond donors (Lipinski definition) is 2. The highest BCUT2D eigenvalue weighted by atomic mass is 16.5. The van der Waals surface area contributed by atoms with Gasteiger partial charge in [0.1, 0.15) is 5.75 Å². The minimum Gasteiger partial charge on any atom is -0.490 e. The van der Waals surface area contributed by atoms with Gasteiger partial charge in [-0.1, -0.05) is 12.1 Å². The van der Waals surface area contributed by atoms with Crippen LogP contribution in [-0.4, -0.2) is 23.7 Å². The highest BCUT2D eigenvalue weighted by molar-refractivity contribution is 5.95. The second-order valence-corrected chi connectivity index (χ2v) is 3.30. The molecule has 1 rings (SSSR count). The molecule has 0 aromatic heterocycles. The van der Waals surface area contributed by atoms with Crippen LogP contribution < -0.4 is 10.5 Å². The van der Waals surface area contributed by atoms with Crippen molar-refractivity contribution in [3.8, 4) is 5.75 Å². The summed E-state index contributed by atoms with van der Waals surface area (Å²) in [6, 6.07) is 6.80. The van der Waals surface area contributed by atoms with Gasteiger partial charge in [0.05, 0.1) is 11.7 Å². The maximum atomic E-state index is 11.1. The van der Waals surface area contributed by atoms with E-state index in [0.717, 1.165) is 0 Å². The Morgan fingerprint density at radius 1 is 1.53 bits per heavy atom. The van der Waals surface area contributed by atoms with Crippen molar-refractivity contribution in [2.24, 2.45) is 5.73 Å². The zero-order valence-corrected chi connectivity index (χ0v) is 8.64. The van der Waals surface area contributed by atoms with Gasteiger partial charge in [0.2, 0.25) is 0 Å². The van der Waals surface area contributed by atoms with Crippen molar-refractivity contribution < 1.29 is 14.6 Å². The van der Waals surface area contributed by atoms with Crippen LogP contribution in [0.2, 0.25) is 0 Å². The molecule has 0 bridgehead atoms. The zero-order chi connectivity index (χ0) is 11.3. The van der Waals surface area contributed by atoms with E-state index in [2.05, 4.69) is 0 Å². The topological polar surface area (TPSA) is 72.6 Å². The average molecular weight is 209 g/mol. The van der Waals surface area contributed by atoms with Gasteiger partial charge in [0.15, 0.2) is 0 Å². The minimum absolute atomic E-state index is 0.0555. The Bertz CT molecular complexity index is 338. The molecule has 0 radical (unpaired) electrons. The molecule has 1 unspecified atom stereocenters. The van der Waals surface area contributed by atoms with Gasteiger partial charge in [0, 0.05) is 13.0 Å². The number of aliphatic hydroxyl groups is 1. The summed E-state index contributed by atoms with van der Waals surface area (Å²) in [4.78, 5) is 11.1. The molecule has 0 fully saturated rings. The first kappa shape index (κ1) is 11.5. The SMILES string of the molecule is CC(CCO)Oc1ccccc1C(N)=O. The van der Waals surface area contributed by atoms with E-state index in [0.29, 0.717) is 17.7 Å². The van der Waals surface area contributed by atoms with E-state index in [1.807, 2.05) is 6.92 Å². The van der Waals surface area contributed by atoms with E-state index in [-0.39, 0.29) is 12.7 Å². The van der Waals surface area contributed by atoms with Crippen LogP contribution in [0.3, 0.4) is 0 Å². The maximum absolute atomic E-state index is 11.1. The molecule has 0 spiro atoms. The van der Waals surface area contributed by atoms with E-state index in [9.17, 15) is 4.79 Å². The fourth-order valence-corrected chi connectivity index (χ4v) is 1.23. The average Bonchev–Trinajstić information content (AvgIpc) is 2.18. The number of amides is 1. The molecule has 1 amide bonds.